The van der Waals surface area contributed by atoms with Crippen molar-refractivity contribution in [3.8, 4) is 0 Å². The number of fused-ring (bicyclic) bond motifs is 1. The van der Waals surface area contributed by atoms with Gasteiger partial charge in [0.2, 0.25) is 0 Å². The third-order valence-electron chi connectivity index (χ3n) is 4.32. The van der Waals surface area contributed by atoms with E-state index in [0.29, 0.717) is 5.52 Å². The quantitative estimate of drug-likeness (QED) is 0.756. The summed E-state index contributed by atoms with van der Waals surface area (Å²) < 4.78 is 27.1. The molecule has 1 aromatic carbocycles. The van der Waals surface area contributed by atoms with Gasteiger partial charge in [0.15, 0.2) is 0 Å². The first-order valence-corrected chi connectivity index (χ1v) is 9.33. The van der Waals surface area contributed by atoms with Crippen molar-refractivity contribution in [1.82, 2.24) is 14.3 Å². The number of aromatic nitrogens is 2. The Morgan fingerprint density at radius 2 is 1.84 bits per heavy atom. The van der Waals surface area contributed by atoms with E-state index in [4.69, 9.17) is 0 Å². The largest absolute Gasteiger partial charge is 0.368 e. The molecule has 6 nitrogen and oxygen atoms in total. The highest BCUT2D eigenvalue weighted by Crippen LogP contribution is 2.30. The Labute approximate surface area is 152 Å². The molecule has 2 aromatic heterocycles. The summed E-state index contributed by atoms with van der Waals surface area (Å²) in [5.74, 6) is 0. The molecule has 0 unspecified atom stereocenters. The molecule has 0 saturated carbocycles. The van der Waals surface area contributed by atoms with E-state index in [9.17, 15) is 8.42 Å². The number of benzene rings is 1. The number of halogens is 1. The number of nitrogens with one attached hydrogen (secondary N) is 1. The Kier molecular flexibility index (Phi) is 4.99. The maximum absolute atomic E-state index is 12.9. The highest BCUT2D eigenvalue weighted by atomic mass is 35.5. The second-order valence-corrected chi connectivity index (χ2v) is 7.57. The van der Waals surface area contributed by atoms with Crippen LogP contribution in [0, 0.1) is 0 Å². The van der Waals surface area contributed by atoms with Crippen LogP contribution < -0.4 is 10.2 Å². The summed E-state index contributed by atoms with van der Waals surface area (Å²) in [5.41, 5.74) is 1.77. The summed E-state index contributed by atoms with van der Waals surface area (Å²) in [5, 5.41) is 4.28. The van der Waals surface area contributed by atoms with Gasteiger partial charge in [0, 0.05) is 55.8 Å². The average molecular weight is 379 g/mol. The first kappa shape index (κ1) is 17.7. The lowest BCUT2D eigenvalue weighted by Gasteiger charge is -2.30. The van der Waals surface area contributed by atoms with E-state index in [1.165, 1.54) is 10.2 Å². The summed E-state index contributed by atoms with van der Waals surface area (Å²) in [4.78, 5) is 6.41. The molecule has 3 heterocycles. The van der Waals surface area contributed by atoms with Gasteiger partial charge in [-0.15, -0.1) is 12.4 Å². The number of rotatable bonds is 3. The lowest BCUT2D eigenvalue weighted by Crippen LogP contribution is -2.43. The number of anilines is 1. The first-order chi connectivity index (χ1) is 11.7. The normalized spacial score (nSPS) is 15.1. The molecule has 1 N–H and O–H groups in total. The zero-order chi connectivity index (χ0) is 16.6. The molecule has 0 bridgehead atoms. The molecule has 0 spiro atoms. The predicted octanol–water partition coefficient (Wildman–Crippen LogP) is 2.10. The molecular formula is C17H19ClN4O2S. The van der Waals surface area contributed by atoms with Crippen molar-refractivity contribution in [2.75, 3.05) is 31.1 Å². The van der Waals surface area contributed by atoms with Crippen LogP contribution in [0.25, 0.3) is 10.9 Å². The molecule has 25 heavy (non-hydrogen) atoms. The van der Waals surface area contributed by atoms with Crippen LogP contribution in [0.2, 0.25) is 0 Å². The number of hydrogen-bond acceptors (Lipinski definition) is 5. The van der Waals surface area contributed by atoms with Crippen molar-refractivity contribution in [2.45, 2.75) is 4.90 Å². The van der Waals surface area contributed by atoms with Gasteiger partial charge in [-0.2, -0.15) is 0 Å². The Bertz CT molecular complexity index is 967. The van der Waals surface area contributed by atoms with Gasteiger partial charge in [0.25, 0.3) is 10.0 Å². The standard InChI is InChI=1S/C17H18N4O2S.ClH/c22-24(23,14-3-2-7-19-13-14)21-10-6-15-16(4-1-5-17(15)21)20-11-8-18-9-12-20;/h1-7,10,13,18H,8-9,11-12H2;1H. The topological polar surface area (TPSA) is 67.2 Å². The monoisotopic (exact) mass is 378 g/mol. The van der Waals surface area contributed by atoms with Gasteiger partial charge in [0.1, 0.15) is 4.90 Å². The highest BCUT2D eigenvalue weighted by molar-refractivity contribution is 7.90. The third-order valence-corrected chi connectivity index (χ3v) is 6.00. The molecule has 0 aliphatic carbocycles. The van der Waals surface area contributed by atoms with Gasteiger partial charge in [-0.25, -0.2) is 12.4 Å². The minimum Gasteiger partial charge on any atom is -0.368 e. The zero-order valence-corrected chi connectivity index (χ0v) is 15.1. The Balaban J connectivity index is 0.00000182. The molecule has 1 fully saturated rings. The molecule has 0 amide bonds. The van der Waals surface area contributed by atoms with E-state index < -0.39 is 10.0 Å². The molecule has 1 aliphatic rings. The van der Waals surface area contributed by atoms with Crippen molar-refractivity contribution < 1.29 is 8.42 Å². The lowest BCUT2D eigenvalue weighted by atomic mass is 10.2. The fraction of sp³-hybridized carbons (Fsp3) is 0.235. The number of piperazine rings is 1. The van der Waals surface area contributed by atoms with Crippen molar-refractivity contribution in [3.05, 3.63) is 55.0 Å². The van der Waals surface area contributed by atoms with Gasteiger partial charge in [0.05, 0.1) is 5.52 Å². The van der Waals surface area contributed by atoms with Crippen LogP contribution >= 0.6 is 12.4 Å². The van der Waals surface area contributed by atoms with Crippen LogP contribution in [-0.2, 0) is 10.0 Å². The van der Waals surface area contributed by atoms with Crippen LogP contribution in [0.4, 0.5) is 5.69 Å². The molecule has 4 rings (SSSR count). The number of hydrogen-bond donors (Lipinski definition) is 1. The molecule has 0 radical (unpaired) electrons. The van der Waals surface area contributed by atoms with Crippen LogP contribution in [-0.4, -0.2) is 43.6 Å². The Hall–Kier alpha value is -2.09. The fourth-order valence-corrected chi connectivity index (χ4v) is 4.44. The van der Waals surface area contributed by atoms with Gasteiger partial charge in [-0.05, 0) is 30.3 Å². The maximum Gasteiger partial charge on any atom is 0.269 e. The van der Waals surface area contributed by atoms with E-state index in [-0.39, 0.29) is 17.3 Å². The van der Waals surface area contributed by atoms with Crippen LogP contribution in [0.3, 0.4) is 0 Å². The fourth-order valence-electron chi connectivity index (χ4n) is 3.13. The van der Waals surface area contributed by atoms with E-state index >= 15 is 0 Å². The van der Waals surface area contributed by atoms with Gasteiger partial charge in [-0.1, -0.05) is 6.07 Å². The smallest absolute Gasteiger partial charge is 0.269 e. The predicted molar refractivity (Wildman–Crippen MR) is 101 cm³/mol. The summed E-state index contributed by atoms with van der Waals surface area (Å²) in [7, 11) is -3.65. The Morgan fingerprint density at radius 1 is 1.04 bits per heavy atom. The van der Waals surface area contributed by atoms with E-state index in [2.05, 4.69) is 21.3 Å². The van der Waals surface area contributed by atoms with Crippen LogP contribution in [0.5, 0.6) is 0 Å². The van der Waals surface area contributed by atoms with E-state index in [0.717, 1.165) is 37.3 Å². The second kappa shape index (κ2) is 7.03. The lowest BCUT2D eigenvalue weighted by molar-refractivity contribution is 0.588. The molecule has 1 saturated heterocycles. The third kappa shape index (κ3) is 3.10. The Morgan fingerprint density at radius 3 is 2.56 bits per heavy atom. The highest BCUT2D eigenvalue weighted by Gasteiger charge is 2.21. The minimum atomic E-state index is -3.65. The molecule has 0 atom stereocenters. The minimum absolute atomic E-state index is 0. The molecule has 132 valence electrons. The van der Waals surface area contributed by atoms with E-state index in [1.807, 2.05) is 18.2 Å². The SMILES string of the molecule is Cl.O=S(=O)(c1cccnc1)n1ccc2c(N3CCNCC3)cccc21. The van der Waals surface area contributed by atoms with Crippen molar-refractivity contribution in [2.24, 2.45) is 0 Å². The molecule has 8 heteroatoms. The van der Waals surface area contributed by atoms with Gasteiger partial charge < -0.3 is 10.2 Å². The van der Waals surface area contributed by atoms with Crippen molar-refractivity contribution >= 4 is 39.0 Å². The number of nitrogens with zero attached hydrogens (tertiary/aromatic N) is 3. The zero-order valence-electron chi connectivity index (χ0n) is 13.5. The van der Waals surface area contributed by atoms with Crippen molar-refractivity contribution in [3.63, 3.8) is 0 Å². The summed E-state index contributed by atoms with van der Waals surface area (Å²) in [6, 6.07) is 10.9. The summed E-state index contributed by atoms with van der Waals surface area (Å²) in [6.45, 7) is 3.70. The molecule has 3 aromatic rings. The summed E-state index contributed by atoms with van der Waals surface area (Å²) >= 11 is 0. The first-order valence-electron chi connectivity index (χ1n) is 7.89. The van der Waals surface area contributed by atoms with Gasteiger partial charge in [-0.3, -0.25) is 4.98 Å². The number of pyridine rings is 1. The van der Waals surface area contributed by atoms with Gasteiger partial charge >= 0.3 is 0 Å². The maximum atomic E-state index is 12.9. The van der Waals surface area contributed by atoms with Crippen LogP contribution in [0.1, 0.15) is 0 Å². The van der Waals surface area contributed by atoms with Crippen LogP contribution in [0.15, 0.2) is 59.9 Å². The average Bonchev–Trinajstić information content (AvgIpc) is 3.08. The summed E-state index contributed by atoms with van der Waals surface area (Å²) in [6.07, 6.45) is 4.56. The second-order valence-electron chi connectivity index (χ2n) is 5.75. The van der Waals surface area contributed by atoms with Crippen molar-refractivity contribution in [1.29, 1.82) is 0 Å². The van der Waals surface area contributed by atoms with E-state index in [1.54, 1.807) is 24.5 Å². The molecule has 1 aliphatic heterocycles. The molecular weight excluding hydrogens is 360 g/mol.